The summed E-state index contributed by atoms with van der Waals surface area (Å²) in [5.74, 6) is -13.5. The van der Waals surface area contributed by atoms with Gasteiger partial charge in [-0.25, -0.2) is 13.6 Å². The van der Waals surface area contributed by atoms with Crippen LogP contribution in [-0.4, -0.2) is 148 Å². The maximum atomic E-state index is 13.4. The molecule has 4 amide bonds. The number of halogens is 4. The molecule has 2 aromatic carbocycles. The van der Waals surface area contributed by atoms with Gasteiger partial charge in [0, 0.05) is 8.95 Å². The highest BCUT2D eigenvalue weighted by Crippen LogP contribution is 2.30. The minimum Gasteiger partial charge on any atom is -0.508 e. The standard InChI is InChI=1S/C20H23BBrFN2O9.C14H19BBrFN2O4.C6H8O7/c1-10(2)5-14(21-33-17(29)8-20(34-21,19(31)32)7-16(27)28)25-15(26)9-24-18(30)12-6-11(23)3-4-13(12)22;1-8(2)5-12(15(22)23)19-13(20)7-18-14(21)10-6-9(17)3-4-11(10)16;7-3-12-2-6(11,13-4-8)1-5(9)10/h3-4,6,10,14H,5,7-9H2,1-2H3,(H,24,30)(H,25,26)(H,27,28)(H,31,32);3-4,6,8,12,22-23H,5,7H2,1-2H3,(H,18,21)(H,19,20);3-4,11H,1-2H2,(H,9,10)/t14-,20?;12-;/m00./s1. The number of rotatable bonds is 24. The first-order valence-electron chi connectivity index (χ1n) is 20.4. The fraction of sp³-hybridized carbons (Fsp3) is 0.450. The Kier molecular flexibility index (Phi) is 26.4. The van der Waals surface area contributed by atoms with Gasteiger partial charge in [0.1, 0.15) is 18.1 Å². The largest absolute Gasteiger partial charge is 0.552 e. The number of carboxylic acid groups (broad SMARTS) is 3. The lowest BCUT2D eigenvalue weighted by Crippen LogP contribution is -2.61. The van der Waals surface area contributed by atoms with Crippen LogP contribution in [0.15, 0.2) is 45.3 Å². The van der Waals surface area contributed by atoms with Crippen molar-refractivity contribution >= 4 is 107 Å². The SMILES string of the molecule is CC(C)C[C@H](NC(=O)CNC(=O)c1cc(F)ccc1Br)B(O)O.CC(C)C[C@H](NC(=O)CNC(=O)c1cc(F)ccc1Br)B1OC(=O)CC(CC(=O)O)(C(=O)O)O1.O=COCC(O)(CC(=O)O)OC=O. The Bertz CT molecular complexity index is 2190. The van der Waals surface area contributed by atoms with Crippen molar-refractivity contribution < 1.29 is 106 Å². The molecule has 3 rings (SSSR count). The quantitative estimate of drug-likeness (QED) is 0.0388. The summed E-state index contributed by atoms with van der Waals surface area (Å²) in [6.45, 7) is 5.60. The molecule has 0 aromatic heterocycles. The molecule has 70 heavy (non-hydrogen) atoms. The molecule has 0 bridgehead atoms. The second-order valence-electron chi connectivity index (χ2n) is 15.8. The van der Waals surface area contributed by atoms with Crippen LogP contribution in [0.25, 0.3) is 0 Å². The van der Waals surface area contributed by atoms with E-state index in [4.69, 9.17) is 19.5 Å². The minimum absolute atomic E-state index is 0.000976. The number of hydrogen-bond donors (Lipinski definition) is 10. The lowest BCUT2D eigenvalue weighted by Gasteiger charge is -2.37. The van der Waals surface area contributed by atoms with Crippen molar-refractivity contribution in [2.45, 2.75) is 83.1 Å². The summed E-state index contributed by atoms with van der Waals surface area (Å²) in [6, 6.07) is 7.12. The molecule has 10 N–H and O–H groups in total. The predicted octanol–water partition coefficient (Wildman–Crippen LogP) is 0.495. The third-order valence-corrected chi connectivity index (χ3v) is 10.3. The van der Waals surface area contributed by atoms with Gasteiger partial charge in [0.25, 0.3) is 36.5 Å². The first-order valence-corrected chi connectivity index (χ1v) is 22.0. The number of benzene rings is 2. The van der Waals surface area contributed by atoms with E-state index in [1.54, 1.807) is 13.8 Å². The Morgan fingerprint density at radius 3 is 1.74 bits per heavy atom. The minimum atomic E-state index is -2.36. The van der Waals surface area contributed by atoms with Gasteiger partial charge in [0.05, 0.1) is 48.9 Å². The van der Waals surface area contributed by atoms with Gasteiger partial charge in [-0.1, -0.05) is 27.7 Å². The number of amides is 4. The smallest absolute Gasteiger partial charge is 0.508 e. The summed E-state index contributed by atoms with van der Waals surface area (Å²) in [5, 5.41) is 64.2. The highest BCUT2D eigenvalue weighted by Gasteiger charge is 2.54. The average Bonchev–Trinajstić information content (AvgIpc) is 3.24. The molecule has 0 aliphatic carbocycles. The Balaban J connectivity index is 0.000000585. The highest BCUT2D eigenvalue weighted by atomic mass is 79.9. The van der Waals surface area contributed by atoms with Gasteiger partial charge in [-0.3, -0.25) is 43.2 Å². The Hall–Kier alpha value is -6.07. The fourth-order valence-electron chi connectivity index (χ4n) is 5.90. The molecule has 24 nitrogen and oxygen atoms in total. The molecule has 0 saturated carbocycles. The van der Waals surface area contributed by atoms with Crippen molar-refractivity contribution in [3.63, 3.8) is 0 Å². The predicted molar refractivity (Wildman–Crippen MR) is 242 cm³/mol. The van der Waals surface area contributed by atoms with Gasteiger partial charge in [-0.2, -0.15) is 0 Å². The molecule has 0 spiro atoms. The number of carbonyl (C=O) groups is 10. The van der Waals surface area contributed by atoms with Crippen molar-refractivity contribution in [1.29, 1.82) is 0 Å². The number of ether oxygens (including phenoxy) is 2. The number of carboxylic acids is 3. The third kappa shape index (κ3) is 22.6. The molecule has 1 saturated heterocycles. The highest BCUT2D eigenvalue weighted by molar-refractivity contribution is 9.10. The molecular formula is C40H50B2Br2F2N4O20. The van der Waals surface area contributed by atoms with E-state index in [2.05, 4.69) is 62.6 Å². The second-order valence-corrected chi connectivity index (χ2v) is 17.5. The average molecular weight is 1130 g/mol. The molecule has 0 radical (unpaired) electrons. The van der Waals surface area contributed by atoms with Gasteiger partial charge < -0.3 is 70.5 Å². The summed E-state index contributed by atoms with van der Waals surface area (Å²) in [7, 11) is -3.26. The number of hydrogen-bond acceptors (Lipinski definition) is 17. The summed E-state index contributed by atoms with van der Waals surface area (Å²) in [4.78, 5) is 113. The van der Waals surface area contributed by atoms with Crippen LogP contribution in [0.4, 0.5) is 8.78 Å². The first kappa shape index (κ1) is 61.9. The molecule has 1 aliphatic heterocycles. The van der Waals surface area contributed by atoms with Crippen LogP contribution in [0.5, 0.6) is 0 Å². The van der Waals surface area contributed by atoms with Crippen LogP contribution in [0.3, 0.4) is 0 Å². The van der Waals surface area contributed by atoms with Gasteiger partial charge in [-0.05, 0) is 92.9 Å². The second kappa shape index (κ2) is 29.8. The van der Waals surface area contributed by atoms with Crippen molar-refractivity contribution in [1.82, 2.24) is 21.3 Å². The molecular weight excluding hydrogens is 1080 g/mol. The van der Waals surface area contributed by atoms with Gasteiger partial charge in [-0.15, -0.1) is 0 Å². The van der Waals surface area contributed by atoms with E-state index < -0.39 is 129 Å². The zero-order valence-corrected chi connectivity index (χ0v) is 40.8. The maximum Gasteiger partial charge on any atom is 0.552 e. The number of carbonyl (C=O) groups excluding carboxylic acids is 7. The van der Waals surface area contributed by atoms with E-state index in [1.807, 2.05) is 13.8 Å². The molecule has 1 heterocycles. The van der Waals surface area contributed by atoms with E-state index in [0.29, 0.717) is 15.4 Å². The van der Waals surface area contributed by atoms with Crippen LogP contribution in [0.2, 0.25) is 0 Å². The Morgan fingerprint density at radius 1 is 0.829 bits per heavy atom. The molecule has 1 fully saturated rings. The summed E-state index contributed by atoms with van der Waals surface area (Å²) in [5.41, 5.74) is -2.32. The molecule has 1 aliphatic rings. The monoisotopic (exact) mass is 1120 g/mol. The van der Waals surface area contributed by atoms with Crippen LogP contribution >= 0.6 is 31.9 Å². The number of aliphatic carboxylic acids is 3. The normalized spacial score (nSPS) is 15.6. The van der Waals surface area contributed by atoms with Crippen LogP contribution < -0.4 is 21.3 Å². The van der Waals surface area contributed by atoms with E-state index in [-0.39, 0.29) is 48.9 Å². The summed E-state index contributed by atoms with van der Waals surface area (Å²) < 4.78 is 45.9. The van der Waals surface area contributed by atoms with Gasteiger partial charge in [0.2, 0.25) is 11.8 Å². The molecule has 2 aromatic rings. The maximum absolute atomic E-state index is 13.4. The third-order valence-electron chi connectivity index (χ3n) is 8.91. The van der Waals surface area contributed by atoms with Crippen LogP contribution in [0, 0.1) is 23.5 Å². The molecule has 2 unspecified atom stereocenters. The lowest BCUT2D eigenvalue weighted by molar-refractivity contribution is -0.220. The van der Waals surface area contributed by atoms with E-state index in [9.17, 15) is 77.0 Å². The zero-order chi connectivity index (χ0) is 53.5. The van der Waals surface area contributed by atoms with Crippen LogP contribution in [-0.2, 0) is 57.1 Å². The van der Waals surface area contributed by atoms with E-state index in [1.165, 1.54) is 18.2 Å². The van der Waals surface area contributed by atoms with E-state index in [0.717, 1.165) is 18.2 Å². The van der Waals surface area contributed by atoms with E-state index >= 15 is 0 Å². The molecule has 30 heteroatoms. The molecule has 4 atom stereocenters. The van der Waals surface area contributed by atoms with Crippen molar-refractivity contribution in [2.75, 3.05) is 19.7 Å². The Labute approximate surface area is 415 Å². The van der Waals surface area contributed by atoms with Crippen molar-refractivity contribution in [3.05, 3.63) is 68.1 Å². The fourth-order valence-corrected chi connectivity index (χ4v) is 6.76. The number of aliphatic hydroxyl groups is 1. The molecule has 384 valence electrons. The van der Waals surface area contributed by atoms with Gasteiger partial charge >= 0.3 is 32.1 Å². The lowest BCUT2D eigenvalue weighted by atomic mass is 9.70. The van der Waals surface area contributed by atoms with Gasteiger partial charge in [0.15, 0.2) is 12.2 Å². The van der Waals surface area contributed by atoms with Crippen molar-refractivity contribution in [3.8, 4) is 0 Å². The number of nitrogens with one attached hydrogen (secondary N) is 4. The van der Waals surface area contributed by atoms with Crippen LogP contribution in [0.1, 0.15) is 80.5 Å². The van der Waals surface area contributed by atoms with Crippen molar-refractivity contribution in [2.24, 2.45) is 11.8 Å². The summed E-state index contributed by atoms with van der Waals surface area (Å²) >= 11 is 6.25. The topological polar surface area (TPSA) is 377 Å². The first-order chi connectivity index (χ1) is 32.6. The Morgan fingerprint density at radius 2 is 1.33 bits per heavy atom. The zero-order valence-electron chi connectivity index (χ0n) is 37.7. The summed E-state index contributed by atoms with van der Waals surface area (Å²) in [6.07, 6.45) is -2.11.